The number of carbonyl (C=O) groups is 2. The maximum atomic E-state index is 12.5. The van der Waals surface area contributed by atoms with Crippen LogP contribution in [0, 0.1) is 0 Å². The molecule has 0 spiro atoms. The molecule has 57 heavy (non-hydrogen) atoms. The maximum absolute atomic E-state index is 12.5. The highest BCUT2D eigenvalue weighted by molar-refractivity contribution is 5.76. The Bertz CT molecular complexity index is 806. The van der Waals surface area contributed by atoms with Crippen molar-refractivity contribution in [2.75, 3.05) is 13.2 Å². The molecule has 2 atom stereocenters. The van der Waals surface area contributed by atoms with Crippen LogP contribution >= 0.6 is 0 Å². The number of hydrogen-bond acceptors (Lipinski definition) is 5. The number of carbonyl (C=O) groups excluding carboxylic acids is 2. The van der Waals surface area contributed by atoms with Crippen molar-refractivity contribution in [2.45, 2.75) is 302 Å². The van der Waals surface area contributed by atoms with Crippen LogP contribution in [-0.2, 0) is 14.3 Å². The minimum atomic E-state index is -0.680. The Morgan fingerprint density at radius 1 is 0.421 bits per heavy atom. The van der Waals surface area contributed by atoms with Crippen molar-refractivity contribution in [2.24, 2.45) is 0 Å². The molecule has 6 nitrogen and oxygen atoms in total. The number of aliphatic hydroxyl groups is 2. The third kappa shape index (κ3) is 44.2. The molecule has 0 aliphatic heterocycles. The summed E-state index contributed by atoms with van der Waals surface area (Å²) in [5.41, 5.74) is 0. The molecule has 0 aliphatic carbocycles. The Morgan fingerprint density at radius 3 is 1.07 bits per heavy atom. The average molecular weight is 808 g/mol. The van der Waals surface area contributed by atoms with Crippen LogP contribution < -0.4 is 5.32 Å². The standard InChI is InChI=1S/C51H101NO5/c1-3-5-7-9-11-13-15-17-18-19-20-21-23-24-27-31-35-39-43-49(54)48(47-53)52-50(55)44-40-36-32-28-26-30-34-38-42-46-57-51(56)45-41-37-33-29-25-22-16-14-12-10-8-6-4-2/h48-49,53-54H,3-47H2,1-2H3,(H,52,55). The summed E-state index contributed by atoms with van der Waals surface area (Å²) < 4.78 is 5.45. The SMILES string of the molecule is CCCCCCCCCCCCCCCCCCCCC(O)C(CO)NC(=O)CCCCCCCCCCCOC(=O)CCCCCCCCCCCCCCC. The molecule has 0 aliphatic rings. The van der Waals surface area contributed by atoms with Gasteiger partial charge in [-0.3, -0.25) is 9.59 Å². The van der Waals surface area contributed by atoms with Crippen LogP contribution in [0.15, 0.2) is 0 Å². The van der Waals surface area contributed by atoms with Gasteiger partial charge >= 0.3 is 5.97 Å². The second kappa shape index (κ2) is 47.5. The minimum Gasteiger partial charge on any atom is -0.466 e. The highest BCUT2D eigenvalue weighted by atomic mass is 16.5. The Kier molecular flexibility index (Phi) is 46.6. The molecule has 0 saturated carbocycles. The van der Waals surface area contributed by atoms with E-state index in [9.17, 15) is 19.8 Å². The van der Waals surface area contributed by atoms with Gasteiger partial charge in [-0.05, 0) is 25.7 Å². The van der Waals surface area contributed by atoms with Crippen LogP contribution in [0.4, 0.5) is 0 Å². The van der Waals surface area contributed by atoms with Gasteiger partial charge in [0.05, 0.1) is 25.4 Å². The molecular weight excluding hydrogens is 707 g/mol. The lowest BCUT2D eigenvalue weighted by molar-refractivity contribution is -0.143. The predicted octanol–water partition coefficient (Wildman–Crippen LogP) is 15.2. The van der Waals surface area contributed by atoms with E-state index in [1.54, 1.807) is 0 Å². The fourth-order valence-corrected chi connectivity index (χ4v) is 8.17. The van der Waals surface area contributed by atoms with Gasteiger partial charge in [-0.2, -0.15) is 0 Å². The van der Waals surface area contributed by atoms with Crippen molar-refractivity contribution >= 4 is 11.9 Å². The van der Waals surface area contributed by atoms with Gasteiger partial charge in [-0.25, -0.2) is 0 Å². The van der Waals surface area contributed by atoms with Gasteiger partial charge in [0.1, 0.15) is 0 Å². The largest absolute Gasteiger partial charge is 0.466 e. The van der Waals surface area contributed by atoms with Crippen molar-refractivity contribution < 1.29 is 24.5 Å². The molecule has 0 aromatic heterocycles. The van der Waals surface area contributed by atoms with Crippen LogP contribution in [0.1, 0.15) is 290 Å². The van der Waals surface area contributed by atoms with Crippen molar-refractivity contribution in [1.82, 2.24) is 5.32 Å². The predicted molar refractivity (Wildman–Crippen MR) is 246 cm³/mol. The molecule has 6 heteroatoms. The van der Waals surface area contributed by atoms with Gasteiger partial charge in [0.2, 0.25) is 5.91 Å². The second-order valence-corrected chi connectivity index (χ2v) is 17.9. The lowest BCUT2D eigenvalue weighted by atomic mass is 10.0. The summed E-state index contributed by atoms with van der Waals surface area (Å²) in [6, 6.07) is -0.559. The summed E-state index contributed by atoms with van der Waals surface area (Å²) in [6.45, 7) is 4.91. The zero-order valence-electron chi connectivity index (χ0n) is 38.6. The third-order valence-corrected chi connectivity index (χ3v) is 12.2. The van der Waals surface area contributed by atoms with Crippen molar-refractivity contribution in [1.29, 1.82) is 0 Å². The monoisotopic (exact) mass is 808 g/mol. The van der Waals surface area contributed by atoms with Gasteiger partial charge in [-0.15, -0.1) is 0 Å². The topological polar surface area (TPSA) is 95.9 Å². The van der Waals surface area contributed by atoms with E-state index in [0.717, 1.165) is 57.8 Å². The van der Waals surface area contributed by atoms with E-state index >= 15 is 0 Å². The van der Waals surface area contributed by atoms with Gasteiger partial charge < -0.3 is 20.3 Å². The molecule has 0 saturated heterocycles. The average Bonchev–Trinajstić information content (AvgIpc) is 3.21. The summed E-state index contributed by atoms with van der Waals surface area (Å²) in [5, 5.41) is 23.2. The normalized spacial score (nSPS) is 12.6. The van der Waals surface area contributed by atoms with E-state index < -0.39 is 12.1 Å². The Balaban J connectivity index is 3.48. The molecule has 0 bridgehead atoms. The van der Waals surface area contributed by atoms with Crippen molar-refractivity contribution in [3.63, 3.8) is 0 Å². The molecule has 0 radical (unpaired) electrons. The van der Waals surface area contributed by atoms with E-state index in [1.165, 1.54) is 199 Å². The number of nitrogens with one attached hydrogen (secondary N) is 1. The van der Waals surface area contributed by atoms with Gasteiger partial charge in [-0.1, -0.05) is 251 Å². The quantitative estimate of drug-likeness (QED) is 0.0420. The first-order valence-corrected chi connectivity index (χ1v) is 25.8. The first-order chi connectivity index (χ1) is 28.0. The zero-order chi connectivity index (χ0) is 41.5. The number of ether oxygens (including phenoxy) is 1. The number of amides is 1. The molecule has 2 unspecified atom stereocenters. The van der Waals surface area contributed by atoms with E-state index in [2.05, 4.69) is 19.2 Å². The lowest BCUT2D eigenvalue weighted by Gasteiger charge is -2.22. The van der Waals surface area contributed by atoms with E-state index in [1.807, 2.05) is 0 Å². The van der Waals surface area contributed by atoms with Gasteiger partial charge in [0.15, 0.2) is 0 Å². The van der Waals surface area contributed by atoms with Crippen LogP contribution in [-0.4, -0.2) is 47.4 Å². The highest BCUT2D eigenvalue weighted by Crippen LogP contribution is 2.17. The Morgan fingerprint density at radius 2 is 0.719 bits per heavy atom. The zero-order valence-corrected chi connectivity index (χ0v) is 38.6. The first-order valence-electron chi connectivity index (χ1n) is 25.8. The molecule has 340 valence electrons. The second-order valence-electron chi connectivity index (χ2n) is 17.9. The van der Waals surface area contributed by atoms with E-state index in [-0.39, 0.29) is 18.5 Å². The molecule has 3 N–H and O–H groups in total. The number of aliphatic hydroxyl groups excluding tert-OH is 2. The van der Waals surface area contributed by atoms with Crippen LogP contribution in [0.2, 0.25) is 0 Å². The van der Waals surface area contributed by atoms with Gasteiger partial charge in [0.25, 0.3) is 0 Å². The lowest BCUT2D eigenvalue weighted by Crippen LogP contribution is -2.45. The summed E-state index contributed by atoms with van der Waals surface area (Å²) in [6.07, 6.45) is 52.1. The van der Waals surface area contributed by atoms with Crippen molar-refractivity contribution in [3.8, 4) is 0 Å². The molecule has 0 aromatic rings. The fraction of sp³-hybridized carbons (Fsp3) is 0.961. The molecule has 0 rings (SSSR count). The number of unbranched alkanes of at least 4 members (excludes halogenated alkanes) is 37. The fourth-order valence-electron chi connectivity index (χ4n) is 8.17. The highest BCUT2D eigenvalue weighted by Gasteiger charge is 2.20. The molecule has 0 fully saturated rings. The summed E-state index contributed by atoms with van der Waals surface area (Å²) >= 11 is 0. The molecule has 0 aromatic carbocycles. The number of rotatable bonds is 48. The number of hydrogen-bond donors (Lipinski definition) is 3. The van der Waals surface area contributed by atoms with Crippen LogP contribution in [0.3, 0.4) is 0 Å². The minimum absolute atomic E-state index is 0.0225. The smallest absolute Gasteiger partial charge is 0.305 e. The number of esters is 1. The van der Waals surface area contributed by atoms with Crippen LogP contribution in [0.25, 0.3) is 0 Å². The van der Waals surface area contributed by atoms with Gasteiger partial charge in [0, 0.05) is 12.8 Å². The van der Waals surface area contributed by atoms with E-state index in [4.69, 9.17) is 4.74 Å². The van der Waals surface area contributed by atoms with E-state index in [0.29, 0.717) is 25.9 Å². The summed E-state index contributed by atoms with van der Waals surface area (Å²) in [7, 11) is 0. The molecule has 1 amide bonds. The summed E-state index contributed by atoms with van der Waals surface area (Å²) in [5.74, 6) is -0.0818. The maximum Gasteiger partial charge on any atom is 0.305 e. The Hall–Kier alpha value is -1.14. The molecule has 0 heterocycles. The van der Waals surface area contributed by atoms with Crippen LogP contribution in [0.5, 0.6) is 0 Å². The van der Waals surface area contributed by atoms with Crippen molar-refractivity contribution in [3.05, 3.63) is 0 Å². The molecular formula is C51H101NO5. The third-order valence-electron chi connectivity index (χ3n) is 12.2. The summed E-state index contributed by atoms with van der Waals surface area (Å²) in [4.78, 5) is 24.5. The Labute approximate surface area is 356 Å². The first kappa shape index (κ1) is 55.9.